The Morgan fingerprint density at radius 1 is 1.85 bits per heavy atom. The van der Waals surface area contributed by atoms with E-state index in [0.29, 0.717) is 5.88 Å². The summed E-state index contributed by atoms with van der Waals surface area (Å²) in [5.41, 5.74) is 1.84. The molecule has 13 heavy (non-hydrogen) atoms. The van der Waals surface area contributed by atoms with Gasteiger partial charge < -0.3 is 0 Å². The van der Waals surface area contributed by atoms with Gasteiger partial charge in [0.05, 0.1) is 4.92 Å². The Morgan fingerprint density at radius 3 is 3.00 bits per heavy atom. The van der Waals surface area contributed by atoms with E-state index in [-0.39, 0.29) is 5.00 Å². The van der Waals surface area contributed by atoms with Gasteiger partial charge in [0.1, 0.15) is 0 Å². The summed E-state index contributed by atoms with van der Waals surface area (Å²) in [6, 6.07) is 1.54. The molecule has 0 N–H and O–H groups in total. The first kappa shape index (κ1) is 10.2. The molecule has 0 amide bonds. The molecular weight excluding hydrogens is 210 g/mol. The van der Waals surface area contributed by atoms with E-state index < -0.39 is 4.92 Å². The third-order valence-electron chi connectivity index (χ3n) is 1.41. The van der Waals surface area contributed by atoms with Crippen LogP contribution in [0.4, 0.5) is 5.00 Å². The highest BCUT2D eigenvalue weighted by molar-refractivity contribution is 7.13. The molecule has 0 aromatic carbocycles. The summed E-state index contributed by atoms with van der Waals surface area (Å²) < 4.78 is 0. The molecular formula is C8H8ClNO2S. The number of rotatable bonds is 3. The standard InChI is InChI=1S/C8H8ClNO2S/c1-6(4-9)2-7-3-8(10(11)12)13-5-7/h2-3,5H,4H2,1H3/b6-2+. The van der Waals surface area contributed by atoms with E-state index in [2.05, 4.69) is 0 Å². The van der Waals surface area contributed by atoms with Crippen molar-refractivity contribution in [2.24, 2.45) is 0 Å². The van der Waals surface area contributed by atoms with Crippen molar-refractivity contribution in [3.05, 3.63) is 32.7 Å². The second-order valence-electron chi connectivity index (χ2n) is 2.60. The average molecular weight is 218 g/mol. The predicted molar refractivity (Wildman–Crippen MR) is 55.3 cm³/mol. The normalized spacial score (nSPS) is 11.7. The topological polar surface area (TPSA) is 43.1 Å². The van der Waals surface area contributed by atoms with Crippen LogP contribution in [0.2, 0.25) is 0 Å². The summed E-state index contributed by atoms with van der Waals surface area (Å²) in [5, 5.41) is 12.2. The lowest BCUT2D eigenvalue weighted by atomic mass is 10.2. The Labute approximate surface area is 84.8 Å². The maximum atomic E-state index is 10.3. The largest absolute Gasteiger partial charge is 0.324 e. The van der Waals surface area contributed by atoms with Crippen LogP contribution in [0.3, 0.4) is 0 Å². The smallest absolute Gasteiger partial charge is 0.258 e. The molecule has 0 fully saturated rings. The van der Waals surface area contributed by atoms with Crippen molar-refractivity contribution in [2.45, 2.75) is 6.92 Å². The van der Waals surface area contributed by atoms with Gasteiger partial charge in [-0.1, -0.05) is 23.0 Å². The molecule has 0 radical (unpaired) electrons. The van der Waals surface area contributed by atoms with Crippen LogP contribution >= 0.6 is 22.9 Å². The molecule has 0 unspecified atom stereocenters. The maximum absolute atomic E-state index is 10.3. The summed E-state index contributed by atoms with van der Waals surface area (Å²) in [5.74, 6) is 0.448. The Morgan fingerprint density at radius 2 is 2.54 bits per heavy atom. The van der Waals surface area contributed by atoms with Gasteiger partial charge >= 0.3 is 5.00 Å². The lowest BCUT2D eigenvalue weighted by Gasteiger charge is -1.89. The Hall–Kier alpha value is -0.870. The molecule has 70 valence electrons. The van der Waals surface area contributed by atoms with Crippen molar-refractivity contribution >= 4 is 34.0 Å². The molecule has 1 aromatic heterocycles. The van der Waals surface area contributed by atoms with Crippen LogP contribution < -0.4 is 0 Å². The van der Waals surface area contributed by atoms with Crippen LogP contribution in [0.15, 0.2) is 17.0 Å². The highest BCUT2D eigenvalue weighted by atomic mass is 35.5. The first-order valence-corrected chi connectivity index (χ1v) is 5.01. The predicted octanol–water partition coefficient (Wildman–Crippen LogP) is 3.30. The summed E-state index contributed by atoms with van der Waals surface area (Å²) >= 11 is 6.70. The fraction of sp³-hybridized carbons (Fsp3) is 0.250. The van der Waals surface area contributed by atoms with Gasteiger partial charge in [-0.25, -0.2) is 0 Å². The lowest BCUT2D eigenvalue weighted by molar-refractivity contribution is -0.380. The van der Waals surface area contributed by atoms with Crippen LogP contribution in [-0.4, -0.2) is 10.8 Å². The van der Waals surface area contributed by atoms with Crippen LogP contribution in [0, 0.1) is 10.1 Å². The number of hydrogen-bond donors (Lipinski definition) is 0. The third kappa shape index (κ3) is 2.82. The molecule has 0 atom stereocenters. The Kier molecular flexibility index (Phi) is 3.45. The van der Waals surface area contributed by atoms with Crippen LogP contribution in [0.5, 0.6) is 0 Å². The summed E-state index contributed by atoms with van der Waals surface area (Å²) in [6.45, 7) is 1.89. The second kappa shape index (κ2) is 4.39. The van der Waals surface area contributed by atoms with E-state index in [0.717, 1.165) is 22.5 Å². The minimum atomic E-state index is -0.391. The fourth-order valence-corrected chi connectivity index (χ4v) is 1.59. The average Bonchev–Trinajstić information content (AvgIpc) is 2.52. The molecule has 0 bridgehead atoms. The summed E-state index contributed by atoms with van der Waals surface area (Å²) in [4.78, 5) is 9.95. The maximum Gasteiger partial charge on any atom is 0.324 e. The number of halogens is 1. The number of thiophene rings is 1. The van der Waals surface area contributed by atoms with Crippen molar-refractivity contribution in [1.82, 2.24) is 0 Å². The van der Waals surface area contributed by atoms with Crippen molar-refractivity contribution in [3.8, 4) is 0 Å². The highest BCUT2D eigenvalue weighted by Gasteiger charge is 2.07. The monoisotopic (exact) mass is 217 g/mol. The molecule has 3 nitrogen and oxygen atoms in total. The number of hydrogen-bond acceptors (Lipinski definition) is 3. The zero-order valence-electron chi connectivity index (χ0n) is 6.99. The Bertz CT molecular complexity index is 346. The van der Waals surface area contributed by atoms with E-state index in [1.54, 1.807) is 11.4 Å². The van der Waals surface area contributed by atoms with Gasteiger partial charge in [0.25, 0.3) is 0 Å². The van der Waals surface area contributed by atoms with Crippen molar-refractivity contribution in [3.63, 3.8) is 0 Å². The van der Waals surface area contributed by atoms with Crippen molar-refractivity contribution < 1.29 is 4.92 Å². The molecule has 1 heterocycles. The Balaban J connectivity index is 2.86. The molecule has 0 aliphatic carbocycles. The second-order valence-corrected chi connectivity index (χ2v) is 3.76. The first-order chi connectivity index (χ1) is 6.13. The van der Waals surface area contributed by atoms with Crippen LogP contribution in [0.25, 0.3) is 6.08 Å². The molecule has 0 saturated heterocycles. The van der Waals surface area contributed by atoms with Crippen LogP contribution in [-0.2, 0) is 0 Å². The summed E-state index contributed by atoms with van der Waals surface area (Å²) in [7, 11) is 0. The van der Waals surface area contributed by atoms with E-state index in [1.165, 1.54) is 0 Å². The van der Waals surface area contributed by atoms with Gasteiger partial charge in [0, 0.05) is 17.3 Å². The number of allylic oxidation sites excluding steroid dienone is 1. The number of alkyl halides is 1. The van der Waals surface area contributed by atoms with Gasteiger partial charge in [-0.3, -0.25) is 10.1 Å². The number of nitro groups is 1. The minimum Gasteiger partial charge on any atom is -0.258 e. The molecule has 0 aliphatic heterocycles. The minimum absolute atomic E-state index is 0.161. The quantitative estimate of drug-likeness (QED) is 0.443. The SMILES string of the molecule is C/C(=C\c1csc([N+](=O)[O-])c1)CCl. The zero-order chi connectivity index (χ0) is 9.84. The molecule has 1 aromatic rings. The van der Waals surface area contributed by atoms with Gasteiger partial charge in [-0.15, -0.1) is 11.6 Å². The molecule has 1 rings (SSSR count). The van der Waals surface area contributed by atoms with Gasteiger partial charge in [-0.2, -0.15) is 0 Å². The van der Waals surface area contributed by atoms with E-state index >= 15 is 0 Å². The third-order valence-corrected chi connectivity index (χ3v) is 2.73. The zero-order valence-corrected chi connectivity index (χ0v) is 8.56. The van der Waals surface area contributed by atoms with Gasteiger partial charge in [0.15, 0.2) is 0 Å². The fourth-order valence-electron chi connectivity index (χ4n) is 0.834. The van der Waals surface area contributed by atoms with Crippen LogP contribution in [0.1, 0.15) is 12.5 Å². The van der Waals surface area contributed by atoms with Gasteiger partial charge in [0.2, 0.25) is 0 Å². The summed E-state index contributed by atoms with van der Waals surface area (Å²) in [6.07, 6.45) is 1.84. The molecule has 0 spiro atoms. The van der Waals surface area contributed by atoms with E-state index in [4.69, 9.17) is 11.6 Å². The lowest BCUT2D eigenvalue weighted by Crippen LogP contribution is -1.81. The molecule has 0 saturated carbocycles. The number of nitrogens with zero attached hydrogens (tertiary/aromatic N) is 1. The molecule has 0 aliphatic rings. The first-order valence-electron chi connectivity index (χ1n) is 3.59. The van der Waals surface area contributed by atoms with Crippen molar-refractivity contribution in [1.29, 1.82) is 0 Å². The molecule has 5 heteroatoms. The highest BCUT2D eigenvalue weighted by Crippen LogP contribution is 2.24. The van der Waals surface area contributed by atoms with E-state index in [9.17, 15) is 10.1 Å². The van der Waals surface area contributed by atoms with E-state index in [1.807, 2.05) is 13.0 Å². The van der Waals surface area contributed by atoms with Gasteiger partial charge in [-0.05, 0) is 12.5 Å². The van der Waals surface area contributed by atoms with Crippen molar-refractivity contribution in [2.75, 3.05) is 5.88 Å².